The van der Waals surface area contributed by atoms with Gasteiger partial charge in [0.2, 0.25) is 5.41 Å². The van der Waals surface area contributed by atoms with Gasteiger partial charge in [0.15, 0.2) is 30.3 Å². The maximum Gasteiger partial charge on any atom is 0.331 e. The number of Topliss-reactive ketones (excluding diaryl/α,β-unsaturated/α-hetero) is 1. The normalized spacial score (nSPS) is 20.5. The average molecular weight is 702 g/mol. The molecule has 1 aliphatic rings. The molecular weight excluding hydrogens is 666 g/mol. The summed E-state index contributed by atoms with van der Waals surface area (Å²) in [5.74, 6) is -6.61. The first kappa shape index (κ1) is 39.0. The van der Waals surface area contributed by atoms with Gasteiger partial charge in [-0.25, -0.2) is 0 Å². The van der Waals surface area contributed by atoms with Crippen molar-refractivity contribution in [3.63, 3.8) is 0 Å². The van der Waals surface area contributed by atoms with Crippen molar-refractivity contribution in [2.24, 2.45) is 5.41 Å². The molecule has 0 saturated carbocycles. The van der Waals surface area contributed by atoms with E-state index in [4.69, 9.17) is 57.0 Å². The number of nitrogens with one attached hydrogen (secondary N) is 1. The Balaban J connectivity index is 2.72. The number of halogens is 1. The number of rotatable bonds is 14. The van der Waals surface area contributed by atoms with Gasteiger partial charge in [-0.2, -0.15) is 0 Å². The number of ketones is 1. The molecule has 1 aromatic carbocycles. The zero-order chi connectivity index (χ0) is 35.5. The molecule has 47 heavy (non-hydrogen) atoms. The highest BCUT2D eigenvalue weighted by atomic mass is 35.5. The monoisotopic (exact) mass is 701 g/mol. The van der Waals surface area contributed by atoms with Crippen LogP contribution in [0, 0.1) is 5.41 Å². The molecular formula is C30H36ClNO14S. The highest BCUT2D eigenvalue weighted by Gasteiger charge is 2.58. The van der Waals surface area contributed by atoms with Crippen LogP contribution in [0.15, 0.2) is 24.3 Å². The summed E-state index contributed by atoms with van der Waals surface area (Å²) in [6, 6.07) is 5.61. The second-order valence-corrected chi connectivity index (χ2v) is 10.9. The Hall–Kier alpha value is -4.15. The maximum atomic E-state index is 13.6. The van der Waals surface area contributed by atoms with Crippen LogP contribution in [0.4, 0.5) is 0 Å². The molecule has 0 amide bonds. The van der Waals surface area contributed by atoms with Gasteiger partial charge < -0.3 is 38.5 Å². The van der Waals surface area contributed by atoms with E-state index >= 15 is 0 Å². The summed E-state index contributed by atoms with van der Waals surface area (Å²) in [5.41, 5.74) is -2.54. The highest BCUT2D eigenvalue weighted by molar-refractivity contribution is 7.80. The molecule has 0 bridgehead atoms. The molecule has 0 unspecified atom stereocenters. The van der Waals surface area contributed by atoms with Crippen molar-refractivity contribution in [1.82, 2.24) is 5.32 Å². The Morgan fingerprint density at radius 3 is 1.72 bits per heavy atom. The first-order chi connectivity index (χ1) is 22.1. The molecule has 0 aromatic heterocycles. The largest absolute Gasteiger partial charge is 0.465 e. The van der Waals surface area contributed by atoms with Crippen LogP contribution in [-0.2, 0) is 61.9 Å². The lowest BCUT2D eigenvalue weighted by molar-refractivity contribution is -0.255. The molecule has 1 saturated heterocycles. The van der Waals surface area contributed by atoms with Crippen molar-refractivity contribution < 1.29 is 66.7 Å². The summed E-state index contributed by atoms with van der Waals surface area (Å²) in [4.78, 5) is 88.3. The Bertz CT molecular complexity index is 1350. The maximum absolute atomic E-state index is 13.6. The van der Waals surface area contributed by atoms with E-state index in [2.05, 4.69) is 5.32 Å². The number of benzene rings is 1. The number of carbonyl (C=O) groups excluding carboxylic acids is 7. The molecule has 5 atom stereocenters. The van der Waals surface area contributed by atoms with Gasteiger partial charge in [-0.3, -0.25) is 33.6 Å². The fourth-order valence-electron chi connectivity index (χ4n) is 4.58. The minimum absolute atomic E-state index is 0.0717. The van der Waals surface area contributed by atoms with Gasteiger partial charge in [0, 0.05) is 44.7 Å². The lowest BCUT2D eigenvalue weighted by atomic mass is 9.80. The van der Waals surface area contributed by atoms with E-state index in [1.54, 1.807) is 0 Å². The molecule has 17 heteroatoms. The lowest BCUT2D eigenvalue weighted by Gasteiger charge is -2.45. The fraction of sp³-hybridized carbons (Fsp3) is 0.533. The van der Waals surface area contributed by atoms with Crippen molar-refractivity contribution >= 4 is 70.4 Å². The molecule has 1 aliphatic heterocycles. The molecule has 0 radical (unpaired) electrons. The summed E-state index contributed by atoms with van der Waals surface area (Å²) in [5, 5.41) is 2.96. The van der Waals surface area contributed by atoms with Crippen LogP contribution in [0.3, 0.4) is 0 Å². The van der Waals surface area contributed by atoms with Gasteiger partial charge in [0.1, 0.15) is 17.7 Å². The molecule has 258 valence electrons. The van der Waals surface area contributed by atoms with Crippen LogP contribution in [0.25, 0.3) is 0 Å². The van der Waals surface area contributed by atoms with Crippen LogP contribution < -0.4 is 5.32 Å². The minimum Gasteiger partial charge on any atom is -0.465 e. The molecule has 0 aliphatic carbocycles. The van der Waals surface area contributed by atoms with Gasteiger partial charge in [0.05, 0.1) is 13.2 Å². The molecule has 1 N–H and O–H groups in total. The number of ether oxygens (including phenoxy) is 7. The van der Waals surface area contributed by atoms with Gasteiger partial charge in [0.25, 0.3) is 0 Å². The smallest absolute Gasteiger partial charge is 0.331 e. The molecule has 0 spiro atoms. The topological polar surface area (TPSA) is 196 Å². The summed E-state index contributed by atoms with van der Waals surface area (Å²) < 4.78 is 37.6. The van der Waals surface area contributed by atoms with E-state index in [1.807, 2.05) is 0 Å². The molecule has 1 aromatic rings. The van der Waals surface area contributed by atoms with Crippen molar-refractivity contribution in [3.05, 3.63) is 34.9 Å². The van der Waals surface area contributed by atoms with Crippen molar-refractivity contribution in [1.29, 1.82) is 0 Å². The number of thiocarbonyl (C=S) groups is 1. The summed E-state index contributed by atoms with van der Waals surface area (Å²) in [6.45, 7) is 6.14. The second kappa shape index (κ2) is 17.7. The Morgan fingerprint density at radius 1 is 0.766 bits per heavy atom. The molecule has 1 heterocycles. The van der Waals surface area contributed by atoms with Crippen molar-refractivity contribution in [3.8, 4) is 0 Å². The summed E-state index contributed by atoms with van der Waals surface area (Å²) >= 11 is 11.5. The van der Waals surface area contributed by atoms with Gasteiger partial charge in [-0.15, -0.1) is 0 Å². The molecule has 2 rings (SSSR count). The standard InChI is InChI=1S/C30H36ClNO14S/c1-7-40-28(38)30(29(39)41-8-2,13-21(37)19-9-11-20(31)12-10-19)27(47)32-26-25(45-18(6)36)24(44-17(5)35)23(43-16(4)34)22(46-26)14-42-15(3)33/h9-12,22-26H,7-8,13-14H2,1-6H3,(H,32,47)/t22-,23-,24+,25-,26-/m1/s1. The van der Waals surface area contributed by atoms with Crippen LogP contribution in [0.1, 0.15) is 58.3 Å². The fourth-order valence-corrected chi connectivity index (χ4v) is 5.06. The first-order valence-corrected chi connectivity index (χ1v) is 15.1. The van der Waals surface area contributed by atoms with E-state index in [1.165, 1.54) is 38.1 Å². The second-order valence-electron chi connectivity index (χ2n) is 10.0. The van der Waals surface area contributed by atoms with E-state index in [0.29, 0.717) is 5.02 Å². The Morgan fingerprint density at radius 2 is 1.26 bits per heavy atom. The van der Waals surface area contributed by atoms with Crippen molar-refractivity contribution in [2.45, 2.75) is 78.6 Å². The van der Waals surface area contributed by atoms with Crippen LogP contribution in [0.5, 0.6) is 0 Å². The highest BCUT2D eigenvalue weighted by Crippen LogP contribution is 2.34. The number of hydrogen-bond acceptors (Lipinski definition) is 15. The summed E-state index contributed by atoms with van der Waals surface area (Å²) in [6.07, 6.45) is -8.67. The Kier molecular flexibility index (Phi) is 14.7. The zero-order valence-electron chi connectivity index (χ0n) is 26.5. The van der Waals surface area contributed by atoms with Gasteiger partial charge in [-0.05, 0) is 38.1 Å². The third-order valence-corrected chi connectivity index (χ3v) is 7.21. The zero-order valence-corrected chi connectivity index (χ0v) is 28.1. The van der Waals surface area contributed by atoms with Gasteiger partial charge >= 0.3 is 35.8 Å². The Labute approximate surface area is 280 Å². The minimum atomic E-state index is -2.61. The third kappa shape index (κ3) is 10.4. The first-order valence-electron chi connectivity index (χ1n) is 14.3. The summed E-state index contributed by atoms with van der Waals surface area (Å²) in [7, 11) is 0. The van der Waals surface area contributed by atoms with Crippen LogP contribution in [0.2, 0.25) is 5.02 Å². The van der Waals surface area contributed by atoms with Crippen LogP contribution in [-0.4, -0.2) is 97.1 Å². The predicted molar refractivity (Wildman–Crippen MR) is 164 cm³/mol. The number of carbonyl (C=O) groups is 7. The molecule has 15 nitrogen and oxygen atoms in total. The third-order valence-electron chi connectivity index (χ3n) is 6.49. The number of esters is 6. The quantitative estimate of drug-likeness (QED) is 0.0971. The van der Waals surface area contributed by atoms with E-state index in [0.717, 1.165) is 27.7 Å². The lowest BCUT2D eigenvalue weighted by Crippen LogP contribution is -2.67. The average Bonchev–Trinajstić information content (AvgIpc) is 2.97. The number of hydrogen-bond donors (Lipinski definition) is 1. The predicted octanol–water partition coefficient (Wildman–Crippen LogP) is 2.03. The van der Waals surface area contributed by atoms with E-state index in [9.17, 15) is 33.6 Å². The van der Waals surface area contributed by atoms with E-state index < -0.39 is 95.7 Å². The van der Waals surface area contributed by atoms with Gasteiger partial charge in [-0.1, -0.05) is 23.8 Å². The molecule has 1 fully saturated rings. The SMILES string of the molecule is CCOC(=O)C(CC(=O)c1ccc(Cl)cc1)(C(=O)OCC)C(=S)N[C@@H]1O[C@H](COC(C)=O)[C@@H](OC(C)=O)[C@H](OC(C)=O)[C@H]1OC(C)=O. The van der Waals surface area contributed by atoms with Crippen molar-refractivity contribution in [2.75, 3.05) is 19.8 Å². The van der Waals surface area contributed by atoms with Crippen LogP contribution >= 0.6 is 23.8 Å². The van der Waals surface area contributed by atoms with E-state index in [-0.39, 0.29) is 18.8 Å².